The lowest BCUT2D eigenvalue weighted by Gasteiger charge is -2.12. The van der Waals surface area contributed by atoms with Crippen molar-refractivity contribution in [3.63, 3.8) is 0 Å². The third-order valence-corrected chi connectivity index (χ3v) is 3.84. The summed E-state index contributed by atoms with van der Waals surface area (Å²) in [4.78, 5) is 22.8. The second-order valence-electron chi connectivity index (χ2n) is 5.56. The number of nitrogens with zero attached hydrogens (tertiary/aromatic N) is 1. The van der Waals surface area contributed by atoms with Crippen molar-refractivity contribution in [1.82, 2.24) is 5.32 Å². The number of nitro groups is 1. The normalized spacial score (nSPS) is 10.2. The molecule has 7 heteroatoms. The summed E-state index contributed by atoms with van der Waals surface area (Å²) in [5.41, 5.74) is 2.77. The highest BCUT2D eigenvalue weighted by atomic mass is 16.6. The molecule has 0 spiro atoms. The van der Waals surface area contributed by atoms with Gasteiger partial charge < -0.3 is 15.4 Å². The second-order valence-corrected chi connectivity index (χ2v) is 5.56. The van der Waals surface area contributed by atoms with Crippen LogP contribution >= 0.6 is 0 Å². The largest absolute Gasteiger partial charge is 0.496 e. The van der Waals surface area contributed by atoms with Gasteiger partial charge in [0.05, 0.1) is 17.6 Å². The fraction of sp³-hybridized carbons (Fsp3) is 0.278. The fourth-order valence-electron chi connectivity index (χ4n) is 2.56. The quantitative estimate of drug-likeness (QED) is 0.595. The van der Waals surface area contributed by atoms with Gasteiger partial charge in [-0.15, -0.1) is 0 Å². The predicted molar refractivity (Wildman–Crippen MR) is 96.4 cm³/mol. The molecular formula is C18H21N3O4. The van der Waals surface area contributed by atoms with Crippen molar-refractivity contribution < 1.29 is 14.5 Å². The standard InChI is InChI=1S/C18H21N3O4/c1-12-4-7-17(25-3)13(10-12)8-9-20-18(22)15-11-14(21(23)24)5-6-16(15)19-2/h4-7,10-11,19H,8-9H2,1-3H3,(H,20,22). The van der Waals surface area contributed by atoms with Crippen LogP contribution in [0, 0.1) is 17.0 Å². The summed E-state index contributed by atoms with van der Waals surface area (Å²) in [7, 11) is 3.27. The number of ether oxygens (including phenoxy) is 1. The molecule has 0 aliphatic carbocycles. The fourth-order valence-corrected chi connectivity index (χ4v) is 2.56. The van der Waals surface area contributed by atoms with Crippen LogP contribution in [0.15, 0.2) is 36.4 Å². The van der Waals surface area contributed by atoms with E-state index in [4.69, 9.17) is 4.74 Å². The van der Waals surface area contributed by atoms with E-state index in [1.165, 1.54) is 18.2 Å². The Bertz CT molecular complexity index is 790. The first-order valence-electron chi connectivity index (χ1n) is 7.84. The van der Waals surface area contributed by atoms with Gasteiger partial charge >= 0.3 is 0 Å². The molecule has 0 radical (unpaired) electrons. The number of rotatable bonds is 7. The van der Waals surface area contributed by atoms with Crippen LogP contribution in [0.1, 0.15) is 21.5 Å². The van der Waals surface area contributed by atoms with Gasteiger partial charge in [-0.05, 0) is 31.0 Å². The van der Waals surface area contributed by atoms with E-state index in [1.54, 1.807) is 14.2 Å². The third kappa shape index (κ3) is 4.47. The number of methoxy groups -OCH3 is 1. The Kier molecular flexibility index (Phi) is 5.94. The molecule has 0 aliphatic heterocycles. The molecule has 2 aromatic carbocycles. The maximum absolute atomic E-state index is 12.4. The number of nitrogens with one attached hydrogen (secondary N) is 2. The lowest BCUT2D eigenvalue weighted by Crippen LogP contribution is -2.26. The smallest absolute Gasteiger partial charge is 0.270 e. The molecular weight excluding hydrogens is 322 g/mol. The summed E-state index contributed by atoms with van der Waals surface area (Å²) in [5, 5.41) is 16.6. The molecule has 0 bridgehead atoms. The summed E-state index contributed by atoms with van der Waals surface area (Å²) in [6.07, 6.45) is 0.598. The van der Waals surface area contributed by atoms with Crippen LogP contribution in [0.2, 0.25) is 0 Å². The van der Waals surface area contributed by atoms with Gasteiger partial charge in [-0.25, -0.2) is 0 Å². The maximum atomic E-state index is 12.4. The number of anilines is 1. The van der Waals surface area contributed by atoms with Gasteiger partial charge in [-0.1, -0.05) is 17.7 Å². The van der Waals surface area contributed by atoms with E-state index < -0.39 is 4.92 Å². The topological polar surface area (TPSA) is 93.5 Å². The van der Waals surface area contributed by atoms with Crippen molar-refractivity contribution in [2.45, 2.75) is 13.3 Å². The number of nitro benzene ring substituents is 1. The van der Waals surface area contributed by atoms with Crippen LogP contribution in [0.3, 0.4) is 0 Å². The van der Waals surface area contributed by atoms with Crippen LogP contribution in [0.4, 0.5) is 11.4 Å². The second kappa shape index (κ2) is 8.14. The minimum atomic E-state index is -0.520. The van der Waals surface area contributed by atoms with Gasteiger partial charge in [0, 0.05) is 31.4 Å². The van der Waals surface area contributed by atoms with Crippen LogP contribution in [-0.2, 0) is 6.42 Å². The maximum Gasteiger partial charge on any atom is 0.270 e. The molecule has 0 saturated carbocycles. The first-order valence-corrected chi connectivity index (χ1v) is 7.84. The predicted octanol–water partition coefficient (Wildman–Crippen LogP) is 2.93. The molecule has 2 N–H and O–H groups in total. The number of carbonyl (C=O) groups excluding carboxylic acids is 1. The number of hydrogen-bond acceptors (Lipinski definition) is 5. The molecule has 0 heterocycles. The highest BCUT2D eigenvalue weighted by molar-refractivity contribution is 6.00. The van der Waals surface area contributed by atoms with Crippen molar-refractivity contribution >= 4 is 17.3 Å². The minimum Gasteiger partial charge on any atom is -0.496 e. The summed E-state index contributed by atoms with van der Waals surface area (Å²) in [5.74, 6) is 0.408. The number of hydrogen-bond donors (Lipinski definition) is 2. The average Bonchev–Trinajstić information content (AvgIpc) is 2.61. The van der Waals surface area contributed by atoms with Gasteiger partial charge in [0.25, 0.3) is 11.6 Å². The third-order valence-electron chi connectivity index (χ3n) is 3.84. The van der Waals surface area contributed by atoms with Crippen molar-refractivity contribution in [3.05, 3.63) is 63.2 Å². The van der Waals surface area contributed by atoms with Gasteiger partial charge in [-0.3, -0.25) is 14.9 Å². The summed E-state index contributed by atoms with van der Waals surface area (Å²) >= 11 is 0. The average molecular weight is 343 g/mol. The molecule has 1 amide bonds. The molecule has 0 aliphatic rings. The zero-order valence-electron chi connectivity index (χ0n) is 14.5. The van der Waals surface area contributed by atoms with E-state index in [2.05, 4.69) is 10.6 Å². The van der Waals surface area contributed by atoms with E-state index in [0.717, 1.165) is 16.9 Å². The van der Waals surface area contributed by atoms with Gasteiger partial charge in [0.15, 0.2) is 0 Å². The van der Waals surface area contributed by atoms with Crippen molar-refractivity contribution in [1.29, 1.82) is 0 Å². The van der Waals surface area contributed by atoms with Crippen molar-refractivity contribution in [2.75, 3.05) is 26.0 Å². The molecule has 0 unspecified atom stereocenters. The SMILES string of the molecule is CNc1ccc([N+](=O)[O-])cc1C(=O)NCCc1cc(C)ccc1OC. The summed E-state index contributed by atoms with van der Waals surface area (Å²) < 4.78 is 5.32. The molecule has 7 nitrogen and oxygen atoms in total. The molecule has 0 atom stereocenters. The van der Waals surface area contributed by atoms with Gasteiger partial charge in [0.2, 0.25) is 0 Å². The Balaban J connectivity index is 2.09. The Hall–Kier alpha value is -3.09. The van der Waals surface area contributed by atoms with Gasteiger partial charge in [0.1, 0.15) is 5.75 Å². The number of carbonyl (C=O) groups is 1. The van der Waals surface area contributed by atoms with Crippen LogP contribution in [-0.4, -0.2) is 31.5 Å². The molecule has 132 valence electrons. The molecule has 0 fully saturated rings. The first kappa shape index (κ1) is 18.3. The minimum absolute atomic E-state index is 0.121. The van der Waals surface area contributed by atoms with E-state index >= 15 is 0 Å². The lowest BCUT2D eigenvalue weighted by molar-refractivity contribution is -0.384. The van der Waals surface area contributed by atoms with Crippen molar-refractivity contribution in [2.24, 2.45) is 0 Å². The van der Waals surface area contributed by atoms with E-state index in [0.29, 0.717) is 18.7 Å². The molecule has 25 heavy (non-hydrogen) atoms. The van der Waals surface area contributed by atoms with Crippen LogP contribution in [0.25, 0.3) is 0 Å². The van der Waals surface area contributed by atoms with E-state index in [1.807, 2.05) is 25.1 Å². The summed E-state index contributed by atoms with van der Waals surface area (Å²) in [6.45, 7) is 2.38. The molecule has 0 aromatic heterocycles. The summed E-state index contributed by atoms with van der Waals surface area (Å²) in [6, 6.07) is 10.0. The Morgan fingerprint density at radius 2 is 2.00 bits per heavy atom. The number of non-ortho nitro benzene ring substituents is 1. The van der Waals surface area contributed by atoms with Crippen LogP contribution in [0.5, 0.6) is 5.75 Å². The number of benzene rings is 2. The molecule has 2 aromatic rings. The van der Waals surface area contributed by atoms with Crippen LogP contribution < -0.4 is 15.4 Å². The lowest BCUT2D eigenvalue weighted by atomic mass is 10.1. The van der Waals surface area contributed by atoms with E-state index in [9.17, 15) is 14.9 Å². The highest BCUT2D eigenvalue weighted by Gasteiger charge is 2.16. The van der Waals surface area contributed by atoms with Gasteiger partial charge in [-0.2, -0.15) is 0 Å². The highest BCUT2D eigenvalue weighted by Crippen LogP contribution is 2.22. The Morgan fingerprint density at radius 3 is 2.64 bits per heavy atom. The first-order chi connectivity index (χ1) is 12.0. The number of amides is 1. The monoisotopic (exact) mass is 343 g/mol. The Morgan fingerprint density at radius 1 is 1.24 bits per heavy atom. The zero-order valence-corrected chi connectivity index (χ0v) is 14.5. The van der Waals surface area contributed by atoms with E-state index in [-0.39, 0.29) is 17.2 Å². The Labute approximate surface area is 146 Å². The zero-order chi connectivity index (χ0) is 18.4. The van der Waals surface area contributed by atoms with Crippen molar-refractivity contribution in [3.8, 4) is 5.75 Å². The number of aryl methyl sites for hydroxylation is 1. The molecule has 0 saturated heterocycles. The molecule has 2 rings (SSSR count).